The molecule has 1 fully saturated rings. The van der Waals surface area contributed by atoms with Gasteiger partial charge < -0.3 is 14.8 Å². The summed E-state index contributed by atoms with van der Waals surface area (Å²) in [5, 5.41) is 6.99. The van der Waals surface area contributed by atoms with E-state index in [-0.39, 0.29) is 5.17 Å². The van der Waals surface area contributed by atoms with Crippen LogP contribution in [0.15, 0.2) is 16.8 Å². The molecule has 17 heavy (non-hydrogen) atoms. The van der Waals surface area contributed by atoms with Crippen molar-refractivity contribution < 1.29 is 14.3 Å². The summed E-state index contributed by atoms with van der Waals surface area (Å²) < 4.78 is 10.5. The van der Waals surface area contributed by atoms with Gasteiger partial charge in [0.2, 0.25) is 0 Å². The Balaban J connectivity index is 2.51. The average molecular weight is 271 g/mol. The molecule has 0 unspecified atom stereocenters. The Labute approximate surface area is 109 Å². The van der Waals surface area contributed by atoms with E-state index < -0.39 is 17.1 Å². The van der Waals surface area contributed by atoms with Crippen molar-refractivity contribution in [3.8, 4) is 0 Å². The zero-order valence-electron chi connectivity index (χ0n) is 9.77. The Hall–Kier alpha value is -1.14. The third kappa shape index (κ3) is 1.63. The minimum atomic E-state index is -1.01. The first-order valence-corrected chi connectivity index (χ1v) is 6.41. The molecule has 4 nitrogen and oxygen atoms in total. The van der Waals surface area contributed by atoms with Crippen molar-refractivity contribution >= 4 is 34.7 Å². The Bertz CT molecular complexity index is 459. The van der Waals surface area contributed by atoms with Crippen molar-refractivity contribution in [2.75, 3.05) is 7.11 Å². The van der Waals surface area contributed by atoms with Crippen LogP contribution in [-0.4, -0.2) is 23.8 Å². The van der Waals surface area contributed by atoms with Gasteiger partial charge >= 0.3 is 5.97 Å². The highest BCUT2D eigenvalue weighted by molar-refractivity contribution is 7.80. The molecule has 2 rings (SSSR count). The lowest BCUT2D eigenvalue weighted by Gasteiger charge is -2.34. The second-order valence-electron chi connectivity index (χ2n) is 4.18. The van der Waals surface area contributed by atoms with Crippen LogP contribution in [0.5, 0.6) is 0 Å². The van der Waals surface area contributed by atoms with Crippen LogP contribution in [0.3, 0.4) is 0 Å². The van der Waals surface area contributed by atoms with Crippen molar-refractivity contribution in [1.82, 2.24) is 5.32 Å². The number of hydrogen-bond acceptors (Lipinski definition) is 5. The van der Waals surface area contributed by atoms with E-state index in [4.69, 9.17) is 21.7 Å². The minimum absolute atomic E-state index is 0.214. The number of rotatable bonds is 2. The van der Waals surface area contributed by atoms with Gasteiger partial charge in [-0.1, -0.05) is 0 Å². The Morgan fingerprint density at radius 3 is 2.82 bits per heavy atom. The van der Waals surface area contributed by atoms with E-state index in [2.05, 4.69) is 5.32 Å². The van der Waals surface area contributed by atoms with Crippen molar-refractivity contribution in [1.29, 1.82) is 0 Å². The number of ether oxygens (including phenoxy) is 2. The largest absolute Gasteiger partial charge is 0.467 e. The van der Waals surface area contributed by atoms with Crippen LogP contribution in [0.25, 0.3) is 0 Å². The summed E-state index contributed by atoms with van der Waals surface area (Å²) in [6.45, 7) is 3.56. The molecule has 1 aromatic rings. The second kappa shape index (κ2) is 3.96. The number of esters is 1. The van der Waals surface area contributed by atoms with E-state index >= 15 is 0 Å². The number of nitrogens with one attached hydrogen (secondary N) is 1. The lowest BCUT2D eigenvalue weighted by atomic mass is 9.79. The smallest absolute Gasteiger partial charge is 0.335 e. The van der Waals surface area contributed by atoms with Gasteiger partial charge in [0.15, 0.2) is 11.1 Å². The van der Waals surface area contributed by atoms with Crippen LogP contribution < -0.4 is 5.32 Å². The number of carbonyl (C=O) groups excluding carboxylic acids is 1. The predicted octanol–water partition coefficient (Wildman–Crippen LogP) is 1.80. The molecular weight excluding hydrogens is 258 g/mol. The summed E-state index contributed by atoms with van der Waals surface area (Å²) in [6, 6.07) is 1.92. The molecule has 0 bridgehead atoms. The molecule has 0 amide bonds. The Morgan fingerprint density at radius 1 is 1.59 bits per heavy atom. The van der Waals surface area contributed by atoms with Crippen LogP contribution in [0, 0.1) is 0 Å². The van der Waals surface area contributed by atoms with Crippen molar-refractivity contribution in [2.45, 2.75) is 25.0 Å². The predicted molar refractivity (Wildman–Crippen MR) is 68.9 cm³/mol. The van der Waals surface area contributed by atoms with Gasteiger partial charge in [-0.25, -0.2) is 4.79 Å². The molecule has 1 aliphatic rings. The van der Waals surface area contributed by atoms with E-state index in [1.54, 1.807) is 18.3 Å². The molecule has 2 atom stereocenters. The minimum Gasteiger partial charge on any atom is -0.467 e. The zero-order valence-corrected chi connectivity index (χ0v) is 11.4. The van der Waals surface area contributed by atoms with Crippen molar-refractivity contribution in [2.24, 2.45) is 0 Å². The topological polar surface area (TPSA) is 47.6 Å². The van der Waals surface area contributed by atoms with E-state index in [9.17, 15) is 4.79 Å². The fourth-order valence-electron chi connectivity index (χ4n) is 1.97. The maximum Gasteiger partial charge on any atom is 0.335 e. The number of hydrogen-bond donors (Lipinski definition) is 1. The molecule has 92 valence electrons. The van der Waals surface area contributed by atoms with Gasteiger partial charge in [0.1, 0.15) is 0 Å². The van der Waals surface area contributed by atoms with Crippen LogP contribution in [-0.2, 0) is 19.9 Å². The molecule has 1 aromatic heterocycles. The van der Waals surface area contributed by atoms with Crippen LogP contribution in [0.4, 0.5) is 0 Å². The molecular formula is C11H13NO3S2. The second-order valence-corrected chi connectivity index (χ2v) is 5.33. The molecule has 2 heterocycles. The first-order chi connectivity index (χ1) is 7.94. The van der Waals surface area contributed by atoms with Gasteiger partial charge in [0.05, 0.1) is 7.11 Å². The summed E-state index contributed by atoms with van der Waals surface area (Å²) in [4.78, 5) is 12.0. The first kappa shape index (κ1) is 12.3. The Morgan fingerprint density at radius 2 is 2.29 bits per heavy atom. The van der Waals surface area contributed by atoms with E-state index in [1.807, 2.05) is 23.8 Å². The maximum absolute atomic E-state index is 12.0. The molecule has 1 saturated heterocycles. The summed E-state index contributed by atoms with van der Waals surface area (Å²) in [6.07, 6.45) is 0. The third-order valence-corrected chi connectivity index (χ3v) is 4.14. The molecule has 0 spiro atoms. The Kier molecular flexibility index (Phi) is 2.87. The van der Waals surface area contributed by atoms with Crippen molar-refractivity contribution in [3.05, 3.63) is 22.4 Å². The van der Waals surface area contributed by atoms with Gasteiger partial charge in [-0.15, -0.1) is 0 Å². The fourth-order valence-corrected chi connectivity index (χ4v) is 3.09. The highest BCUT2D eigenvalue weighted by Gasteiger charge is 2.60. The van der Waals surface area contributed by atoms with Gasteiger partial charge in [-0.3, -0.25) is 0 Å². The fraction of sp³-hybridized carbons (Fsp3) is 0.455. The number of thiocarbonyl (C=S) groups is 1. The quantitative estimate of drug-likeness (QED) is 0.656. The van der Waals surface area contributed by atoms with Gasteiger partial charge in [0, 0.05) is 5.56 Å². The molecule has 0 aromatic carbocycles. The van der Waals surface area contributed by atoms with Crippen LogP contribution in [0.2, 0.25) is 0 Å². The standard InChI is InChI=1S/C11H13NO3S2/c1-10(8(13)14-3)11(2,15-9(16)12-10)7-4-5-17-6-7/h4-6H,1-3H3,(H,12,16)/t10-,11+/m0/s1. The first-order valence-electron chi connectivity index (χ1n) is 5.06. The number of methoxy groups -OCH3 is 1. The maximum atomic E-state index is 12.0. The molecule has 0 aliphatic carbocycles. The summed E-state index contributed by atoms with van der Waals surface area (Å²) in [7, 11) is 1.35. The molecule has 0 saturated carbocycles. The normalized spacial score (nSPS) is 31.8. The van der Waals surface area contributed by atoms with Gasteiger partial charge in [-0.2, -0.15) is 11.3 Å². The molecule has 1 N–H and O–H groups in total. The monoisotopic (exact) mass is 271 g/mol. The van der Waals surface area contributed by atoms with Gasteiger partial charge in [-0.05, 0) is 42.9 Å². The van der Waals surface area contributed by atoms with Crippen molar-refractivity contribution in [3.63, 3.8) is 0 Å². The lowest BCUT2D eigenvalue weighted by molar-refractivity contribution is -0.153. The molecule has 6 heteroatoms. The van der Waals surface area contributed by atoms with Crippen LogP contribution in [0.1, 0.15) is 19.4 Å². The molecule has 0 radical (unpaired) electrons. The average Bonchev–Trinajstić information content (AvgIpc) is 2.86. The third-order valence-electron chi connectivity index (χ3n) is 3.27. The highest BCUT2D eigenvalue weighted by atomic mass is 32.1. The number of carbonyl (C=O) groups is 1. The highest BCUT2D eigenvalue weighted by Crippen LogP contribution is 2.42. The summed E-state index contributed by atoms with van der Waals surface area (Å²) >= 11 is 6.56. The zero-order chi connectivity index (χ0) is 12.7. The van der Waals surface area contributed by atoms with E-state index in [1.165, 1.54) is 7.11 Å². The summed E-state index contributed by atoms with van der Waals surface area (Å²) in [5.41, 5.74) is -0.959. The van der Waals surface area contributed by atoms with Crippen LogP contribution >= 0.6 is 23.6 Å². The van der Waals surface area contributed by atoms with Gasteiger partial charge in [0.25, 0.3) is 5.17 Å². The SMILES string of the molecule is COC(=O)[C@]1(C)NC(=S)O[C@]1(C)c1ccsc1. The van der Waals surface area contributed by atoms with E-state index in [0.29, 0.717) is 0 Å². The number of thiophene rings is 1. The van der Waals surface area contributed by atoms with E-state index in [0.717, 1.165) is 5.56 Å². The molecule has 1 aliphatic heterocycles. The summed E-state index contributed by atoms with van der Waals surface area (Å²) in [5.74, 6) is -0.397. The lowest BCUT2D eigenvalue weighted by Crippen LogP contribution is -2.57.